The number of hydrogen-bond acceptors (Lipinski definition) is 3. The first kappa shape index (κ1) is 15.7. The predicted molar refractivity (Wildman–Crippen MR) is 93.1 cm³/mol. The van der Waals surface area contributed by atoms with Crippen molar-refractivity contribution in [3.63, 3.8) is 0 Å². The SMILES string of the molecule is CC1CCCC2(CSC(=NC(C)CN3CCCCC3)N2)C1. The standard InChI is InChI=1S/C17H31N3S/c1-14-7-6-8-17(11-14)13-21-16(19-17)18-15(2)12-20-9-4-3-5-10-20/h14-15H,3-13H2,1-2H3,(H,18,19). The fourth-order valence-corrected chi connectivity index (χ4v) is 5.53. The number of thioether (sulfide) groups is 1. The number of nitrogens with one attached hydrogen (secondary N) is 1. The molecule has 0 bridgehead atoms. The van der Waals surface area contributed by atoms with Crippen molar-refractivity contribution in [1.29, 1.82) is 0 Å². The lowest BCUT2D eigenvalue weighted by atomic mass is 9.78. The molecule has 3 nitrogen and oxygen atoms in total. The molecule has 0 radical (unpaired) electrons. The third-order valence-electron chi connectivity index (χ3n) is 5.26. The average Bonchev–Trinajstić information content (AvgIpc) is 2.81. The zero-order chi connectivity index (χ0) is 14.7. The number of nitrogens with zero attached hydrogens (tertiary/aromatic N) is 2. The monoisotopic (exact) mass is 309 g/mol. The second-order valence-corrected chi connectivity index (χ2v) is 8.50. The maximum absolute atomic E-state index is 4.97. The van der Waals surface area contributed by atoms with Crippen molar-refractivity contribution in [3.05, 3.63) is 0 Å². The summed E-state index contributed by atoms with van der Waals surface area (Å²) in [6.07, 6.45) is 9.62. The van der Waals surface area contributed by atoms with Gasteiger partial charge in [0.05, 0.1) is 6.04 Å². The Hall–Kier alpha value is -0.220. The van der Waals surface area contributed by atoms with Crippen molar-refractivity contribution in [2.24, 2.45) is 10.9 Å². The normalized spacial score (nSPS) is 37.8. The zero-order valence-electron chi connectivity index (χ0n) is 13.7. The minimum atomic E-state index is 0.367. The molecule has 3 fully saturated rings. The van der Waals surface area contributed by atoms with Gasteiger partial charge in [0.15, 0.2) is 5.17 Å². The summed E-state index contributed by atoms with van der Waals surface area (Å²) in [5.41, 5.74) is 0.367. The van der Waals surface area contributed by atoms with E-state index in [1.807, 2.05) is 11.8 Å². The number of likely N-dealkylation sites (tertiary alicyclic amines) is 1. The maximum Gasteiger partial charge on any atom is 0.157 e. The first-order valence-electron chi connectivity index (χ1n) is 8.86. The van der Waals surface area contributed by atoms with Crippen LogP contribution in [0.15, 0.2) is 4.99 Å². The second kappa shape index (κ2) is 6.91. The summed E-state index contributed by atoms with van der Waals surface area (Å²) in [4.78, 5) is 7.57. The molecule has 1 spiro atoms. The highest BCUT2D eigenvalue weighted by molar-refractivity contribution is 8.14. The molecule has 3 rings (SSSR count). The number of hydrogen-bond donors (Lipinski definition) is 1. The second-order valence-electron chi connectivity index (χ2n) is 7.54. The third-order valence-corrected chi connectivity index (χ3v) is 6.44. The molecule has 0 amide bonds. The summed E-state index contributed by atoms with van der Waals surface area (Å²) in [5, 5.41) is 5.02. The Morgan fingerprint density at radius 1 is 1.33 bits per heavy atom. The molecule has 4 heteroatoms. The van der Waals surface area contributed by atoms with Crippen LogP contribution in [0.3, 0.4) is 0 Å². The molecular weight excluding hydrogens is 278 g/mol. The molecule has 1 aliphatic carbocycles. The van der Waals surface area contributed by atoms with Crippen molar-refractivity contribution in [3.8, 4) is 0 Å². The smallest absolute Gasteiger partial charge is 0.157 e. The molecule has 1 N–H and O–H groups in total. The van der Waals surface area contributed by atoms with Gasteiger partial charge >= 0.3 is 0 Å². The summed E-state index contributed by atoms with van der Waals surface area (Å²) < 4.78 is 0. The summed E-state index contributed by atoms with van der Waals surface area (Å²) >= 11 is 1.96. The van der Waals surface area contributed by atoms with Gasteiger partial charge in [0.2, 0.25) is 0 Å². The third kappa shape index (κ3) is 4.16. The fourth-order valence-electron chi connectivity index (χ4n) is 4.24. The Kier molecular flexibility index (Phi) is 5.15. The molecule has 3 atom stereocenters. The Bertz CT molecular complexity index is 378. The topological polar surface area (TPSA) is 27.6 Å². The van der Waals surface area contributed by atoms with Crippen LogP contribution in [0.5, 0.6) is 0 Å². The van der Waals surface area contributed by atoms with Gasteiger partial charge in [-0.15, -0.1) is 0 Å². The highest BCUT2D eigenvalue weighted by atomic mass is 32.2. The molecule has 0 aromatic rings. The highest BCUT2D eigenvalue weighted by Gasteiger charge is 2.40. The van der Waals surface area contributed by atoms with Crippen LogP contribution in [-0.2, 0) is 0 Å². The maximum atomic E-state index is 4.97. The summed E-state index contributed by atoms with van der Waals surface area (Å²) in [5.74, 6) is 2.10. The predicted octanol–water partition coefficient (Wildman–Crippen LogP) is 3.50. The Morgan fingerprint density at radius 2 is 2.14 bits per heavy atom. The van der Waals surface area contributed by atoms with E-state index in [1.165, 1.54) is 69.0 Å². The van der Waals surface area contributed by atoms with Gasteiger partial charge in [-0.25, -0.2) is 0 Å². The number of amidine groups is 1. The molecule has 3 aliphatic rings. The van der Waals surface area contributed by atoms with E-state index in [0.29, 0.717) is 11.6 Å². The largest absolute Gasteiger partial charge is 0.359 e. The van der Waals surface area contributed by atoms with Gasteiger partial charge in [-0.3, -0.25) is 4.99 Å². The Balaban J connectivity index is 1.52. The van der Waals surface area contributed by atoms with Gasteiger partial charge in [-0.1, -0.05) is 37.9 Å². The lowest BCUT2D eigenvalue weighted by Gasteiger charge is -2.36. The Labute approximate surface area is 134 Å². The van der Waals surface area contributed by atoms with Crippen LogP contribution in [-0.4, -0.2) is 47.0 Å². The van der Waals surface area contributed by atoms with Gasteiger partial charge in [0.25, 0.3) is 0 Å². The molecular formula is C17H31N3S. The first-order chi connectivity index (χ1) is 10.2. The lowest BCUT2D eigenvalue weighted by molar-refractivity contribution is 0.219. The van der Waals surface area contributed by atoms with Gasteiger partial charge in [-0.05, 0) is 51.6 Å². The molecule has 120 valence electrons. The van der Waals surface area contributed by atoms with Crippen LogP contribution in [0.4, 0.5) is 0 Å². The van der Waals surface area contributed by atoms with Crippen molar-refractivity contribution in [1.82, 2.24) is 10.2 Å². The van der Waals surface area contributed by atoms with Crippen LogP contribution in [0.25, 0.3) is 0 Å². The lowest BCUT2D eigenvalue weighted by Crippen LogP contribution is -2.47. The summed E-state index contributed by atoms with van der Waals surface area (Å²) in [7, 11) is 0. The minimum Gasteiger partial charge on any atom is -0.359 e. The van der Waals surface area contributed by atoms with E-state index in [0.717, 1.165) is 12.5 Å². The summed E-state index contributed by atoms with van der Waals surface area (Å²) in [6, 6.07) is 0.425. The Morgan fingerprint density at radius 3 is 2.90 bits per heavy atom. The van der Waals surface area contributed by atoms with E-state index >= 15 is 0 Å². The van der Waals surface area contributed by atoms with Gasteiger partial charge in [-0.2, -0.15) is 0 Å². The quantitative estimate of drug-likeness (QED) is 0.864. The molecule has 3 unspecified atom stereocenters. The van der Waals surface area contributed by atoms with Crippen LogP contribution in [0.1, 0.15) is 58.8 Å². The van der Waals surface area contributed by atoms with E-state index < -0.39 is 0 Å². The molecule has 0 aromatic heterocycles. The van der Waals surface area contributed by atoms with Gasteiger partial charge in [0, 0.05) is 17.8 Å². The van der Waals surface area contributed by atoms with Crippen molar-refractivity contribution < 1.29 is 0 Å². The van der Waals surface area contributed by atoms with Gasteiger partial charge < -0.3 is 10.2 Å². The molecule has 1 saturated carbocycles. The van der Waals surface area contributed by atoms with Crippen molar-refractivity contribution in [2.75, 3.05) is 25.4 Å². The zero-order valence-corrected chi connectivity index (χ0v) is 14.6. The molecule has 21 heavy (non-hydrogen) atoms. The molecule has 2 aliphatic heterocycles. The molecule has 2 heterocycles. The van der Waals surface area contributed by atoms with E-state index in [9.17, 15) is 0 Å². The first-order valence-corrected chi connectivity index (χ1v) is 9.85. The van der Waals surface area contributed by atoms with Crippen LogP contribution in [0, 0.1) is 5.92 Å². The average molecular weight is 310 g/mol. The molecule has 2 saturated heterocycles. The van der Waals surface area contributed by atoms with Crippen molar-refractivity contribution >= 4 is 16.9 Å². The fraction of sp³-hybridized carbons (Fsp3) is 0.941. The van der Waals surface area contributed by atoms with Crippen LogP contribution < -0.4 is 5.32 Å². The summed E-state index contributed by atoms with van der Waals surface area (Å²) in [6.45, 7) is 8.36. The van der Waals surface area contributed by atoms with Crippen LogP contribution in [0.2, 0.25) is 0 Å². The van der Waals surface area contributed by atoms with E-state index in [4.69, 9.17) is 4.99 Å². The van der Waals surface area contributed by atoms with Gasteiger partial charge in [0.1, 0.15) is 0 Å². The van der Waals surface area contributed by atoms with Crippen LogP contribution >= 0.6 is 11.8 Å². The number of rotatable bonds is 3. The van der Waals surface area contributed by atoms with Crippen molar-refractivity contribution in [2.45, 2.75) is 70.4 Å². The number of aliphatic imine (C=N–C) groups is 1. The minimum absolute atomic E-state index is 0.367. The van der Waals surface area contributed by atoms with E-state index in [-0.39, 0.29) is 0 Å². The van der Waals surface area contributed by atoms with E-state index in [2.05, 4.69) is 24.1 Å². The molecule has 0 aromatic carbocycles. The number of piperidine rings is 1. The van der Waals surface area contributed by atoms with E-state index in [1.54, 1.807) is 0 Å². The highest BCUT2D eigenvalue weighted by Crippen LogP contribution is 2.38.